The highest BCUT2D eigenvalue weighted by molar-refractivity contribution is 7.80. The molecule has 2 aromatic rings. The van der Waals surface area contributed by atoms with E-state index in [4.69, 9.17) is 34.3 Å². The number of para-hydroxylation sites is 2. The summed E-state index contributed by atoms with van der Waals surface area (Å²) >= 11 is 11.0. The molecule has 3 nitrogen and oxygen atoms in total. The van der Waals surface area contributed by atoms with Gasteiger partial charge in [-0.1, -0.05) is 36.0 Å². The number of thiocarbonyl (C=S) groups is 1. The van der Waals surface area contributed by atoms with Gasteiger partial charge in [0, 0.05) is 16.3 Å². The number of halogens is 1. The normalized spacial score (nSPS) is 10.1. The lowest BCUT2D eigenvalue weighted by molar-refractivity contribution is 0.342. The van der Waals surface area contributed by atoms with E-state index in [0.717, 1.165) is 17.1 Å². The second-order valence-corrected chi connectivity index (χ2v) is 4.98. The Labute approximate surface area is 128 Å². The van der Waals surface area contributed by atoms with Gasteiger partial charge < -0.3 is 15.8 Å². The van der Waals surface area contributed by atoms with Crippen molar-refractivity contribution in [2.75, 3.05) is 11.9 Å². The minimum atomic E-state index is 0.295. The molecule has 0 spiro atoms. The second-order valence-electron chi connectivity index (χ2n) is 4.11. The third kappa shape index (κ3) is 3.40. The summed E-state index contributed by atoms with van der Waals surface area (Å²) in [6.45, 7) is 2.54. The zero-order chi connectivity index (χ0) is 14.5. The van der Waals surface area contributed by atoms with Crippen molar-refractivity contribution in [1.82, 2.24) is 0 Å². The molecule has 0 bridgehead atoms. The van der Waals surface area contributed by atoms with Crippen LogP contribution in [0.15, 0.2) is 42.5 Å². The predicted molar refractivity (Wildman–Crippen MR) is 88.2 cm³/mol. The van der Waals surface area contributed by atoms with Gasteiger partial charge in [0.05, 0.1) is 12.3 Å². The fourth-order valence-electron chi connectivity index (χ4n) is 1.83. The summed E-state index contributed by atoms with van der Waals surface area (Å²) < 4.78 is 5.58. The van der Waals surface area contributed by atoms with Crippen LogP contribution in [0, 0.1) is 0 Å². The summed E-state index contributed by atoms with van der Waals surface area (Å²) in [4.78, 5) is 0.295. The lowest BCUT2D eigenvalue weighted by Gasteiger charge is -2.15. The van der Waals surface area contributed by atoms with Gasteiger partial charge in [0.1, 0.15) is 10.7 Å². The first-order chi connectivity index (χ1) is 9.61. The van der Waals surface area contributed by atoms with Gasteiger partial charge in [-0.3, -0.25) is 0 Å². The number of ether oxygens (including phenoxy) is 1. The summed E-state index contributed by atoms with van der Waals surface area (Å²) in [6, 6.07) is 13.1. The quantitative estimate of drug-likeness (QED) is 0.816. The summed E-state index contributed by atoms with van der Waals surface area (Å²) in [6.07, 6.45) is 0. The highest BCUT2D eigenvalue weighted by atomic mass is 35.5. The molecular weight excluding hydrogens is 292 g/mol. The molecule has 0 amide bonds. The molecule has 2 rings (SSSR count). The third-order valence-corrected chi connectivity index (χ3v) is 3.16. The van der Waals surface area contributed by atoms with E-state index in [-0.39, 0.29) is 0 Å². The van der Waals surface area contributed by atoms with E-state index in [1.54, 1.807) is 12.1 Å². The van der Waals surface area contributed by atoms with E-state index < -0.39 is 0 Å². The van der Waals surface area contributed by atoms with E-state index in [1.165, 1.54) is 0 Å². The Morgan fingerprint density at radius 1 is 1.25 bits per heavy atom. The minimum absolute atomic E-state index is 0.295. The molecule has 0 aliphatic rings. The molecule has 0 saturated heterocycles. The zero-order valence-corrected chi connectivity index (χ0v) is 12.6. The van der Waals surface area contributed by atoms with Crippen LogP contribution >= 0.6 is 23.8 Å². The molecule has 2 aromatic carbocycles. The maximum Gasteiger partial charge on any atom is 0.142 e. The van der Waals surface area contributed by atoms with E-state index in [2.05, 4.69) is 5.32 Å². The molecule has 0 atom stereocenters. The monoisotopic (exact) mass is 306 g/mol. The SMILES string of the molecule is CCOc1ccccc1Nc1ccc(Cl)cc1C(N)=S. The average Bonchev–Trinajstić information content (AvgIpc) is 2.43. The third-order valence-electron chi connectivity index (χ3n) is 2.70. The largest absolute Gasteiger partial charge is 0.492 e. The Morgan fingerprint density at radius 2 is 2.00 bits per heavy atom. The van der Waals surface area contributed by atoms with Crippen molar-refractivity contribution in [1.29, 1.82) is 0 Å². The van der Waals surface area contributed by atoms with Crippen molar-refractivity contribution in [2.24, 2.45) is 5.73 Å². The Bertz CT molecular complexity index is 631. The number of nitrogens with two attached hydrogens (primary N) is 1. The van der Waals surface area contributed by atoms with Gasteiger partial charge in [-0.25, -0.2) is 0 Å². The van der Waals surface area contributed by atoms with Gasteiger partial charge in [0.15, 0.2) is 0 Å². The van der Waals surface area contributed by atoms with Crippen molar-refractivity contribution in [3.63, 3.8) is 0 Å². The maximum atomic E-state index is 5.98. The topological polar surface area (TPSA) is 47.3 Å². The molecule has 0 aromatic heterocycles. The van der Waals surface area contributed by atoms with E-state index in [1.807, 2.05) is 37.3 Å². The molecule has 0 unspecified atom stereocenters. The molecule has 5 heteroatoms. The first-order valence-electron chi connectivity index (χ1n) is 6.20. The van der Waals surface area contributed by atoms with Crippen molar-refractivity contribution < 1.29 is 4.74 Å². The fraction of sp³-hybridized carbons (Fsp3) is 0.133. The minimum Gasteiger partial charge on any atom is -0.492 e. The Morgan fingerprint density at radius 3 is 2.70 bits per heavy atom. The van der Waals surface area contributed by atoms with Crippen LogP contribution in [-0.2, 0) is 0 Å². The molecule has 0 radical (unpaired) electrons. The van der Waals surface area contributed by atoms with Crippen molar-refractivity contribution in [2.45, 2.75) is 6.92 Å². The molecular formula is C15H15ClN2OS. The van der Waals surface area contributed by atoms with Crippen molar-refractivity contribution >= 4 is 40.2 Å². The average molecular weight is 307 g/mol. The number of anilines is 2. The standard InChI is InChI=1S/C15H15ClN2OS/c1-2-19-14-6-4-3-5-13(14)18-12-8-7-10(16)9-11(12)15(17)20/h3-9,18H,2H2,1H3,(H2,17,20). The van der Waals surface area contributed by atoms with Crippen molar-refractivity contribution in [3.05, 3.63) is 53.1 Å². The summed E-state index contributed by atoms with van der Waals surface area (Å²) in [5.74, 6) is 0.777. The van der Waals surface area contributed by atoms with Crippen LogP contribution in [0.3, 0.4) is 0 Å². The second kappa shape index (κ2) is 6.59. The lowest BCUT2D eigenvalue weighted by Crippen LogP contribution is -2.12. The van der Waals surface area contributed by atoms with Crippen LogP contribution in [-0.4, -0.2) is 11.6 Å². The highest BCUT2D eigenvalue weighted by Gasteiger charge is 2.09. The zero-order valence-electron chi connectivity index (χ0n) is 11.0. The lowest BCUT2D eigenvalue weighted by atomic mass is 10.1. The number of hydrogen-bond donors (Lipinski definition) is 2. The molecule has 20 heavy (non-hydrogen) atoms. The molecule has 0 heterocycles. The van der Waals surface area contributed by atoms with Crippen LogP contribution in [0.2, 0.25) is 5.02 Å². The van der Waals surface area contributed by atoms with Crippen LogP contribution < -0.4 is 15.8 Å². The number of nitrogens with one attached hydrogen (secondary N) is 1. The van der Waals surface area contributed by atoms with Gasteiger partial charge in [-0.05, 0) is 37.3 Å². The molecule has 0 aliphatic heterocycles. The van der Waals surface area contributed by atoms with Gasteiger partial charge in [0.25, 0.3) is 0 Å². The Balaban J connectivity index is 2.37. The molecule has 0 fully saturated rings. The number of hydrogen-bond acceptors (Lipinski definition) is 3. The van der Waals surface area contributed by atoms with Crippen LogP contribution in [0.25, 0.3) is 0 Å². The highest BCUT2D eigenvalue weighted by Crippen LogP contribution is 2.30. The predicted octanol–water partition coefficient (Wildman–Crippen LogP) is 4.12. The summed E-state index contributed by atoms with van der Waals surface area (Å²) in [5, 5.41) is 3.88. The van der Waals surface area contributed by atoms with E-state index in [9.17, 15) is 0 Å². The van der Waals surface area contributed by atoms with E-state index >= 15 is 0 Å². The summed E-state index contributed by atoms with van der Waals surface area (Å²) in [5.41, 5.74) is 8.10. The number of rotatable bonds is 5. The smallest absolute Gasteiger partial charge is 0.142 e. The van der Waals surface area contributed by atoms with Gasteiger partial charge in [-0.15, -0.1) is 0 Å². The first-order valence-corrected chi connectivity index (χ1v) is 6.98. The molecule has 0 saturated carbocycles. The Hall–Kier alpha value is -1.78. The van der Waals surface area contributed by atoms with Crippen molar-refractivity contribution in [3.8, 4) is 5.75 Å². The Kier molecular flexibility index (Phi) is 4.82. The fourth-order valence-corrected chi connectivity index (χ4v) is 2.17. The molecule has 104 valence electrons. The molecule has 0 aliphatic carbocycles. The van der Waals surface area contributed by atoms with Gasteiger partial charge in [0.2, 0.25) is 0 Å². The van der Waals surface area contributed by atoms with Gasteiger partial charge in [-0.2, -0.15) is 0 Å². The van der Waals surface area contributed by atoms with Crippen LogP contribution in [0.4, 0.5) is 11.4 Å². The molecule has 3 N–H and O–H groups in total. The van der Waals surface area contributed by atoms with E-state index in [0.29, 0.717) is 22.2 Å². The van der Waals surface area contributed by atoms with Crippen LogP contribution in [0.1, 0.15) is 12.5 Å². The van der Waals surface area contributed by atoms with Gasteiger partial charge >= 0.3 is 0 Å². The maximum absolute atomic E-state index is 5.98. The first kappa shape index (κ1) is 14.6. The van der Waals surface area contributed by atoms with Crippen LogP contribution in [0.5, 0.6) is 5.75 Å². The number of benzene rings is 2. The summed E-state index contributed by atoms with van der Waals surface area (Å²) in [7, 11) is 0.